The highest BCUT2D eigenvalue weighted by atomic mass is 32.2. The van der Waals surface area contributed by atoms with Gasteiger partial charge < -0.3 is 14.8 Å². The first-order chi connectivity index (χ1) is 16.9. The molecule has 0 radical (unpaired) electrons. The Bertz CT molecular complexity index is 1430. The zero-order chi connectivity index (χ0) is 24.9. The first-order valence-corrected chi connectivity index (χ1v) is 12.2. The molecule has 0 aliphatic carbocycles. The molecule has 0 saturated heterocycles. The maximum Gasteiger partial charge on any atom is 0.266 e. The average Bonchev–Trinajstić information content (AvgIpc) is 2.87. The van der Waals surface area contributed by atoms with Gasteiger partial charge in [-0.25, -0.2) is 4.98 Å². The zero-order valence-corrected chi connectivity index (χ0v) is 20.9. The second-order valence-corrected chi connectivity index (χ2v) is 9.11. The summed E-state index contributed by atoms with van der Waals surface area (Å²) in [6.45, 7) is 4.17. The smallest absolute Gasteiger partial charge is 0.266 e. The second kappa shape index (κ2) is 10.7. The van der Waals surface area contributed by atoms with Gasteiger partial charge in [-0.15, -0.1) is 0 Å². The number of methoxy groups -OCH3 is 2. The van der Waals surface area contributed by atoms with E-state index in [9.17, 15) is 9.59 Å². The van der Waals surface area contributed by atoms with Crippen LogP contribution in [0.4, 0.5) is 5.69 Å². The Morgan fingerprint density at radius 2 is 1.71 bits per heavy atom. The third-order valence-electron chi connectivity index (χ3n) is 5.56. The SMILES string of the molecule is COc1ccc(-n2c(SCC(=O)Nc3ccccc3C(C)C)nc3ccccc3c2=O)cc1OC. The molecule has 0 bridgehead atoms. The molecular weight excluding hydrogens is 462 g/mol. The van der Waals surface area contributed by atoms with Crippen LogP contribution in [0.25, 0.3) is 16.6 Å². The Kier molecular flexibility index (Phi) is 7.41. The summed E-state index contributed by atoms with van der Waals surface area (Å²) in [5.41, 5.74) is 2.77. The number of hydrogen-bond acceptors (Lipinski definition) is 6. The summed E-state index contributed by atoms with van der Waals surface area (Å²) in [7, 11) is 3.09. The van der Waals surface area contributed by atoms with Crippen LogP contribution in [0.15, 0.2) is 76.7 Å². The number of amides is 1. The van der Waals surface area contributed by atoms with Crippen molar-refractivity contribution in [3.8, 4) is 17.2 Å². The van der Waals surface area contributed by atoms with E-state index in [0.717, 1.165) is 11.3 Å². The van der Waals surface area contributed by atoms with Crippen LogP contribution in [-0.4, -0.2) is 35.4 Å². The molecule has 7 nitrogen and oxygen atoms in total. The van der Waals surface area contributed by atoms with Crippen molar-refractivity contribution in [2.24, 2.45) is 0 Å². The monoisotopic (exact) mass is 489 g/mol. The lowest BCUT2D eigenvalue weighted by Gasteiger charge is -2.16. The number of nitrogens with one attached hydrogen (secondary N) is 1. The minimum Gasteiger partial charge on any atom is -0.493 e. The molecule has 1 N–H and O–H groups in total. The van der Waals surface area contributed by atoms with Crippen LogP contribution in [0, 0.1) is 0 Å². The summed E-state index contributed by atoms with van der Waals surface area (Å²) in [5.74, 6) is 1.23. The number of carbonyl (C=O) groups excluding carboxylic acids is 1. The molecule has 0 aliphatic rings. The largest absolute Gasteiger partial charge is 0.493 e. The van der Waals surface area contributed by atoms with Crippen molar-refractivity contribution in [3.63, 3.8) is 0 Å². The highest BCUT2D eigenvalue weighted by Gasteiger charge is 2.17. The van der Waals surface area contributed by atoms with Crippen LogP contribution >= 0.6 is 11.8 Å². The normalized spacial score (nSPS) is 11.0. The predicted molar refractivity (Wildman–Crippen MR) is 140 cm³/mol. The molecular formula is C27H27N3O4S. The Morgan fingerprint density at radius 3 is 2.46 bits per heavy atom. The number of benzene rings is 3. The minimum atomic E-state index is -0.226. The molecule has 0 atom stereocenters. The van der Waals surface area contributed by atoms with Crippen molar-refractivity contribution in [2.75, 3.05) is 25.3 Å². The molecule has 0 spiro atoms. The van der Waals surface area contributed by atoms with Crippen molar-refractivity contribution >= 4 is 34.3 Å². The fourth-order valence-corrected chi connectivity index (χ4v) is 4.64. The number of rotatable bonds is 8. The molecule has 35 heavy (non-hydrogen) atoms. The fourth-order valence-electron chi connectivity index (χ4n) is 3.83. The lowest BCUT2D eigenvalue weighted by atomic mass is 10.0. The summed E-state index contributed by atoms with van der Waals surface area (Å²) >= 11 is 1.20. The predicted octanol–water partition coefficient (Wildman–Crippen LogP) is 5.26. The molecule has 0 saturated carbocycles. The number of para-hydroxylation sites is 2. The van der Waals surface area contributed by atoms with E-state index in [4.69, 9.17) is 14.5 Å². The van der Waals surface area contributed by atoms with Crippen LogP contribution in [0.1, 0.15) is 25.3 Å². The van der Waals surface area contributed by atoms with E-state index < -0.39 is 0 Å². The number of hydrogen-bond donors (Lipinski definition) is 1. The molecule has 1 heterocycles. The Morgan fingerprint density at radius 1 is 1.00 bits per heavy atom. The van der Waals surface area contributed by atoms with Crippen molar-refractivity contribution in [3.05, 3.63) is 82.6 Å². The standard InChI is InChI=1S/C27H27N3O4S/c1-17(2)19-9-5-7-11-21(19)28-25(31)16-35-27-29-22-12-8-6-10-20(22)26(32)30(27)18-13-14-23(33-3)24(15-18)34-4/h5-15,17H,16H2,1-4H3,(H,28,31). The van der Waals surface area contributed by atoms with Gasteiger partial charge in [0.15, 0.2) is 16.7 Å². The van der Waals surface area contributed by atoms with Gasteiger partial charge in [0.05, 0.1) is 36.6 Å². The number of aromatic nitrogens is 2. The highest BCUT2D eigenvalue weighted by Crippen LogP contribution is 2.31. The Balaban J connectivity index is 1.70. The third-order valence-corrected chi connectivity index (χ3v) is 6.50. The lowest BCUT2D eigenvalue weighted by molar-refractivity contribution is -0.113. The van der Waals surface area contributed by atoms with Gasteiger partial charge >= 0.3 is 0 Å². The summed E-state index contributed by atoms with van der Waals surface area (Å²) < 4.78 is 12.3. The van der Waals surface area contributed by atoms with Gasteiger partial charge in [-0.2, -0.15) is 0 Å². The van der Waals surface area contributed by atoms with Gasteiger partial charge in [-0.1, -0.05) is 55.9 Å². The number of nitrogens with zero attached hydrogens (tertiary/aromatic N) is 2. The van der Waals surface area contributed by atoms with E-state index in [1.165, 1.54) is 23.4 Å². The number of fused-ring (bicyclic) bond motifs is 1. The molecule has 1 aromatic heterocycles. The Hall–Kier alpha value is -3.78. The van der Waals surface area contributed by atoms with Crippen molar-refractivity contribution in [2.45, 2.75) is 24.9 Å². The van der Waals surface area contributed by atoms with Gasteiger partial charge in [0, 0.05) is 11.8 Å². The van der Waals surface area contributed by atoms with Crippen LogP contribution in [0.5, 0.6) is 11.5 Å². The summed E-state index contributed by atoms with van der Waals surface area (Å²) in [6, 6.07) is 20.1. The zero-order valence-electron chi connectivity index (χ0n) is 20.1. The van der Waals surface area contributed by atoms with Gasteiger partial charge in [-0.05, 0) is 41.8 Å². The van der Waals surface area contributed by atoms with Gasteiger partial charge in [0.1, 0.15) is 0 Å². The van der Waals surface area contributed by atoms with Crippen molar-refractivity contribution in [1.82, 2.24) is 9.55 Å². The number of carbonyl (C=O) groups is 1. The quantitative estimate of drug-likeness (QED) is 0.269. The molecule has 4 rings (SSSR count). The van der Waals surface area contributed by atoms with E-state index in [-0.39, 0.29) is 23.1 Å². The van der Waals surface area contributed by atoms with E-state index in [0.29, 0.717) is 33.2 Å². The number of ether oxygens (including phenoxy) is 2. The van der Waals surface area contributed by atoms with Crippen LogP contribution in [0.2, 0.25) is 0 Å². The van der Waals surface area contributed by atoms with Crippen LogP contribution in [0.3, 0.4) is 0 Å². The molecule has 0 fully saturated rings. The maximum atomic E-state index is 13.5. The molecule has 1 amide bonds. The Labute approximate surface area is 208 Å². The summed E-state index contributed by atoms with van der Waals surface area (Å²) in [6.07, 6.45) is 0. The molecule has 8 heteroatoms. The van der Waals surface area contributed by atoms with Gasteiger partial charge in [0.2, 0.25) is 5.91 Å². The van der Waals surface area contributed by atoms with E-state index >= 15 is 0 Å². The van der Waals surface area contributed by atoms with E-state index in [1.807, 2.05) is 30.3 Å². The van der Waals surface area contributed by atoms with Crippen molar-refractivity contribution in [1.29, 1.82) is 0 Å². The molecule has 0 unspecified atom stereocenters. The first-order valence-electron chi connectivity index (χ1n) is 11.2. The van der Waals surface area contributed by atoms with Gasteiger partial charge in [-0.3, -0.25) is 14.2 Å². The first kappa shape index (κ1) is 24.3. The second-order valence-electron chi connectivity index (χ2n) is 8.17. The average molecular weight is 490 g/mol. The summed E-state index contributed by atoms with van der Waals surface area (Å²) in [4.78, 5) is 31.1. The number of anilines is 1. The highest BCUT2D eigenvalue weighted by molar-refractivity contribution is 7.99. The van der Waals surface area contributed by atoms with E-state index in [1.54, 1.807) is 43.5 Å². The van der Waals surface area contributed by atoms with Crippen molar-refractivity contribution < 1.29 is 14.3 Å². The molecule has 0 aliphatic heterocycles. The van der Waals surface area contributed by atoms with Gasteiger partial charge in [0.25, 0.3) is 5.56 Å². The van der Waals surface area contributed by atoms with Crippen LogP contribution in [-0.2, 0) is 4.79 Å². The van der Waals surface area contributed by atoms with Crippen LogP contribution < -0.4 is 20.3 Å². The minimum absolute atomic E-state index is 0.0878. The topological polar surface area (TPSA) is 82.5 Å². The molecule has 180 valence electrons. The van der Waals surface area contributed by atoms with E-state index in [2.05, 4.69) is 19.2 Å². The fraction of sp³-hybridized carbons (Fsp3) is 0.222. The third kappa shape index (κ3) is 5.17. The summed E-state index contributed by atoms with van der Waals surface area (Å²) in [5, 5.41) is 3.89. The molecule has 4 aromatic rings. The lowest BCUT2D eigenvalue weighted by Crippen LogP contribution is -2.23. The maximum absolute atomic E-state index is 13.5. The molecule has 3 aromatic carbocycles. The number of thioether (sulfide) groups is 1.